The van der Waals surface area contributed by atoms with Gasteiger partial charge in [-0.05, 0) is 37.8 Å². The van der Waals surface area contributed by atoms with Crippen molar-refractivity contribution >= 4 is 11.6 Å². The van der Waals surface area contributed by atoms with Crippen molar-refractivity contribution in [3.8, 4) is 6.07 Å². The highest BCUT2D eigenvalue weighted by molar-refractivity contribution is 6.22. The van der Waals surface area contributed by atoms with Crippen LogP contribution in [0.1, 0.15) is 40.5 Å². The average molecular weight is 245 g/mol. The highest BCUT2D eigenvalue weighted by atomic mass is 35.5. The van der Waals surface area contributed by atoms with E-state index in [4.69, 9.17) is 16.9 Å². The zero-order valence-corrected chi connectivity index (χ0v) is 11.8. The van der Waals surface area contributed by atoms with Gasteiger partial charge in [0.05, 0.1) is 6.07 Å². The van der Waals surface area contributed by atoms with E-state index in [-0.39, 0.29) is 5.38 Å². The molecule has 0 aromatic rings. The first kappa shape index (κ1) is 15.7. The molecule has 0 rings (SSSR count). The molecule has 0 N–H and O–H groups in total. The molecule has 0 aliphatic heterocycles. The summed E-state index contributed by atoms with van der Waals surface area (Å²) in [5.41, 5.74) is 0. The monoisotopic (exact) mass is 244 g/mol. The Balaban J connectivity index is 4.01. The van der Waals surface area contributed by atoms with Crippen LogP contribution in [0.4, 0.5) is 0 Å². The van der Waals surface area contributed by atoms with Gasteiger partial charge in [-0.25, -0.2) is 0 Å². The summed E-state index contributed by atoms with van der Waals surface area (Å²) in [6.45, 7) is 11.7. The molecular weight excluding hydrogens is 220 g/mol. The summed E-state index contributed by atoms with van der Waals surface area (Å²) in [6, 6.07) is 2.09. The van der Waals surface area contributed by atoms with Crippen molar-refractivity contribution < 1.29 is 0 Å². The second-order valence-electron chi connectivity index (χ2n) is 5.26. The van der Waals surface area contributed by atoms with E-state index in [1.54, 1.807) is 0 Å². The number of alkyl halides is 1. The molecule has 0 saturated carbocycles. The molecular formula is C13H25ClN2. The lowest BCUT2D eigenvalue weighted by molar-refractivity contribution is 0.249. The Morgan fingerprint density at radius 2 is 1.50 bits per heavy atom. The van der Waals surface area contributed by atoms with E-state index < -0.39 is 0 Å². The van der Waals surface area contributed by atoms with Crippen LogP contribution in [0.25, 0.3) is 0 Å². The lowest BCUT2D eigenvalue weighted by atomic mass is 10.1. The number of hydrogen-bond donors (Lipinski definition) is 0. The van der Waals surface area contributed by atoms with Crippen LogP contribution < -0.4 is 0 Å². The Hall–Kier alpha value is -0.260. The second-order valence-corrected chi connectivity index (χ2v) is 5.79. The summed E-state index contributed by atoms with van der Waals surface area (Å²) in [4.78, 5) is 2.32. The minimum atomic E-state index is -0.376. The minimum Gasteiger partial charge on any atom is -0.301 e. The molecule has 0 radical (unpaired) electrons. The summed E-state index contributed by atoms with van der Waals surface area (Å²) in [7, 11) is 0. The van der Waals surface area contributed by atoms with E-state index in [9.17, 15) is 0 Å². The fraction of sp³-hybridized carbons (Fsp3) is 0.923. The molecule has 3 heteroatoms. The molecule has 2 nitrogen and oxygen atoms in total. The van der Waals surface area contributed by atoms with Gasteiger partial charge in [0.25, 0.3) is 0 Å². The van der Waals surface area contributed by atoms with E-state index in [1.165, 1.54) is 12.8 Å². The summed E-state index contributed by atoms with van der Waals surface area (Å²) in [5, 5.41) is 8.35. The van der Waals surface area contributed by atoms with Gasteiger partial charge in [0.2, 0.25) is 0 Å². The molecule has 0 spiro atoms. The molecule has 0 bridgehead atoms. The molecule has 0 aromatic heterocycles. The predicted octanol–water partition coefficient (Wildman–Crippen LogP) is 3.51. The SMILES string of the molecule is CC(C)CCN(CCC(C)C)CC(Cl)C#N. The molecule has 1 atom stereocenters. The minimum absolute atomic E-state index is 0.376. The van der Waals surface area contributed by atoms with E-state index in [0.717, 1.165) is 13.1 Å². The van der Waals surface area contributed by atoms with Crippen molar-refractivity contribution in [1.29, 1.82) is 5.26 Å². The Kier molecular flexibility index (Phi) is 8.70. The van der Waals surface area contributed by atoms with Gasteiger partial charge in [-0.2, -0.15) is 5.26 Å². The highest BCUT2D eigenvalue weighted by Crippen LogP contribution is 2.08. The zero-order valence-electron chi connectivity index (χ0n) is 11.0. The fourth-order valence-corrected chi connectivity index (χ4v) is 1.64. The van der Waals surface area contributed by atoms with Gasteiger partial charge < -0.3 is 4.90 Å². The Morgan fingerprint density at radius 1 is 1.06 bits per heavy atom. The number of rotatable bonds is 8. The van der Waals surface area contributed by atoms with E-state index in [1.807, 2.05) is 0 Å². The van der Waals surface area contributed by atoms with Gasteiger partial charge in [-0.15, -0.1) is 11.6 Å². The van der Waals surface area contributed by atoms with Crippen molar-refractivity contribution in [2.45, 2.75) is 45.9 Å². The second kappa shape index (κ2) is 8.84. The van der Waals surface area contributed by atoms with E-state index in [2.05, 4.69) is 38.7 Å². The normalized spacial score (nSPS) is 13.4. The maximum atomic E-state index is 8.73. The number of nitriles is 1. The molecule has 0 aromatic carbocycles. The van der Waals surface area contributed by atoms with Crippen LogP contribution in [0, 0.1) is 23.2 Å². The molecule has 0 fully saturated rings. The van der Waals surface area contributed by atoms with Crippen LogP contribution in [0.5, 0.6) is 0 Å². The first-order chi connectivity index (χ1) is 7.45. The third kappa shape index (κ3) is 9.00. The van der Waals surface area contributed by atoms with Crippen molar-refractivity contribution in [1.82, 2.24) is 4.90 Å². The average Bonchev–Trinajstić information content (AvgIpc) is 2.21. The van der Waals surface area contributed by atoms with Crippen LogP contribution in [0.15, 0.2) is 0 Å². The van der Waals surface area contributed by atoms with Gasteiger partial charge in [0.15, 0.2) is 0 Å². The number of hydrogen-bond acceptors (Lipinski definition) is 2. The molecule has 94 valence electrons. The van der Waals surface area contributed by atoms with E-state index >= 15 is 0 Å². The lowest BCUT2D eigenvalue weighted by Gasteiger charge is -2.24. The van der Waals surface area contributed by atoms with Crippen molar-refractivity contribution in [2.24, 2.45) is 11.8 Å². The number of nitrogens with zero attached hydrogens (tertiary/aromatic N) is 2. The molecule has 0 saturated heterocycles. The molecule has 0 heterocycles. The van der Waals surface area contributed by atoms with Crippen LogP contribution in [-0.2, 0) is 0 Å². The van der Waals surface area contributed by atoms with Gasteiger partial charge in [-0.1, -0.05) is 27.7 Å². The summed E-state index contributed by atoms with van der Waals surface area (Å²) >= 11 is 5.89. The summed E-state index contributed by atoms with van der Waals surface area (Å²) in [5.74, 6) is 1.41. The standard InChI is InChI=1S/C13H25ClN2/c1-11(2)5-7-16(8-6-12(3)4)10-13(14)9-15/h11-13H,5-8,10H2,1-4H3. The Morgan fingerprint density at radius 3 is 1.81 bits per heavy atom. The quantitative estimate of drug-likeness (QED) is 0.611. The molecule has 0 aliphatic rings. The van der Waals surface area contributed by atoms with Gasteiger partial charge >= 0.3 is 0 Å². The van der Waals surface area contributed by atoms with Crippen molar-refractivity contribution in [3.05, 3.63) is 0 Å². The lowest BCUT2D eigenvalue weighted by Crippen LogP contribution is -2.32. The van der Waals surface area contributed by atoms with Gasteiger partial charge in [0.1, 0.15) is 5.38 Å². The van der Waals surface area contributed by atoms with Crippen LogP contribution in [0.3, 0.4) is 0 Å². The first-order valence-electron chi connectivity index (χ1n) is 6.21. The smallest absolute Gasteiger partial charge is 0.133 e. The third-order valence-corrected chi connectivity index (χ3v) is 2.84. The zero-order chi connectivity index (χ0) is 12.6. The summed E-state index contributed by atoms with van der Waals surface area (Å²) < 4.78 is 0. The molecule has 16 heavy (non-hydrogen) atoms. The molecule has 0 aliphatic carbocycles. The predicted molar refractivity (Wildman–Crippen MR) is 70.6 cm³/mol. The van der Waals surface area contributed by atoms with Crippen LogP contribution >= 0.6 is 11.6 Å². The maximum absolute atomic E-state index is 8.73. The topological polar surface area (TPSA) is 27.0 Å². The number of halogens is 1. The maximum Gasteiger partial charge on any atom is 0.133 e. The molecule has 1 unspecified atom stereocenters. The van der Waals surface area contributed by atoms with Crippen molar-refractivity contribution in [2.75, 3.05) is 19.6 Å². The van der Waals surface area contributed by atoms with Crippen LogP contribution in [-0.4, -0.2) is 29.9 Å². The summed E-state index contributed by atoms with van der Waals surface area (Å²) in [6.07, 6.45) is 2.35. The molecule has 0 amide bonds. The van der Waals surface area contributed by atoms with Gasteiger partial charge in [-0.3, -0.25) is 0 Å². The first-order valence-corrected chi connectivity index (χ1v) is 6.65. The Bertz CT molecular complexity index is 196. The highest BCUT2D eigenvalue weighted by Gasteiger charge is 2.12. The Labute approximate surface area is 106 Å². The van der Waals surface area contributed by atoms with Crippen molar-refractivity contribution in [3.63, 3.8) is 0 Å². The van der Waals surface area contributed by atoms with Crippen LogP contribution in [0.2, 0.25) is 0 Å². The van der Waals surface area contributed by atoms with E-state index in [0.29, 0.717) is 18.4 Å². The fourth-order valence-electron chi connectivity index (χ4n) is 1.44. The largest absolute Gasteiger partial charge is 0.301 e. The van der Waals surface area contributed by atoms with Gasteiger partial charge in [0, 0.05) is 6.54 Å². The third-order valence-electron chi connectivity index (χ3n) is 2.60.